The van der Waals surface area contributed by atoms with Crippen LogP contribution in [0.1, 0.15) is 16.7 Å². The van der Waals surface area contributed by atoms with Gasteiger partial charge in [0.2, 0.25) is 0 Å². The highest BCUT2D eigenvalue weighted by Gasteiger charge is 2.39. The highest BCUT2D eigenvalue weighted by molar-refractivity contribution is 9.10. The van der Waals surface area contributed by atoms with E-state index in [0.29, 0.717) is 23.4 Å². The fourth-order valence-electron chi connectivity index (χ4n) is 4.81. The summed E-state index contributed by atoms with van der Waals surface area (Å²) >= 11 is 3.31. The molecule has 0 unspecified atom stereocenters. The Morgan fingerprint density at radius 1 is 0.853 bits per heavy atom. The van der Waals surface area contributed by atoms with Crippen molar-refractivity contribution >= 4 is 21.6 Å². The Labute approximate surface area is 208 Å². The summed E-state index contributed by atoms with van der Waals surface area (Å²) in [6, 6.07) is 34.7. The lowest BCUT2D eigenvalue weighted by molar-refractivity contribution is 0.252. The molecule has 0 radical (unpaired) electrons. The van der Waals surface area contributed by atoms with Gasteiger partial charge < -0.3 is 9.64 Å². The third-order valence-corrected chi connectivity index (χ3v) is 7.00. The molecule has 172 valence electrons. The Hall–Kier alpha value is -3.15. The maximum absolute atomic E-state index is 14.2. The van der Waals surface area contributed by atoms with Gasteiger partial charge in [0.25, 0.3) is 0 Å². The second kappa shape index (κ2) is 9.61. The first-order valence-electron chi connectivity index (χ1n) is 11.3. The van der Waals surface area contributed by atoms with Crippen LogP contribution in [0.15, 0.2) is 108 Å². The maximum Gasteiger partial charge on any atom is 0.145 e. The molecule has 4 aromatic carbocycles. The molecule has 34 heavy (non-hydrogen) atoms. The zero-order valence-electron chi connectivity index (χ0n) is 18.9. The average molecular weight is 517 g/mol. The topological polar surface area (TPSA) is 24.5 Å². The van der Waals surface area contributed by atoms with Crippen molar-refractivity contribution in [2.24, 2.45) is 0 Å². The third-order valence-electron chi connectivity index (χ3n) is 6.39. The van der Waals surface area contributed by atoms with Gasteiger partial charge in [-0.2, -0.15) is 0 Å². The lowest BCUT2D eigenvalue weighted by atomic mass is 9.76. The second-order valence-corrected chi connectivity index (χ2v) is 9.47. The number of halogens is 2. The highest BCUT2D eigenvalue weighted by atomic mass is 79.9. The van der Waals surface area contributed by atoms with Crippen molar-refractivity contribution in [1.82, 2.24) is 5.32 Å². The summed E-state index contributed by atoms with van der Waals surface area (Å²) < 4.78 is 20.8. The molecule has 1 atom stereocenters. The Kier molecular flexibility index (Phi) is 6.40. The molecule has 0 bridgehead atoms. The molecular formula is C29H26BrFN2O. The number of fused-ring (bicyclic) bond motifs is 1. The minimum atomic E-state index is -0.596. The van der Waals surface area contributed by atoms with Gasteiger partial charge in [0.15, 0.2) is 0 Å². The second-order valence-electron chi connectivity index (χ2n) is 8.61. The molecule has 0 saturated heterocycles. The maximum atomic E-state index is 14.2. The van der Waals surface area contributed by atoms with Crippen LogP contribution in [0, 0.1) is 5.82 Å². The number of benzene rings is 4. The summed E-state index contributed by atoms with van der Waals surface area (Å²) in [6.45, 7) is 1.10. The summed E-state index contributed by atoms with van der Waals surface area (Å²) in [6.07, 6.45) is 0. The van der Waals surface area contributed by atoms with Crippen molar-refractivity contribution < 1.29 is 9.13 Å². The Bertz CT molecular complexity index is 1150. The Balaban J connectivity index is 1.61. The van der Waals surface area contributed by atoms with Crippen LogP contribution < -0.4 is 15.0 Å². The van der Waals surface area contributed by atoms with Crippen LogP contribution in [0.4, 0.5) is 10.1 Å². The van der Waals surface area contributed by atoms with E-state index >= 15 is 0 Å². The molecule has 5 rings (SSSR count). The van der Waals surface area contributed by atoms with Crippen molar-refractivity contribution in [2.45, 2.75) is 11.6 Å². The summed E-state index contributed by atoms with van der Waals surface area (Å²) in [5.41, 5.74) is 3.70. The molecule has 1 N–H and O–H groups in total. The van der Waals surface area contributed by atoms with E-state index in [-0.39, 0.29) is 11.9 Å². The summed E-state index contributed by atoms with van der Waals surface area (Å²) in [7, 11) is 2.02. The van der Waals surface area contributed by atoms with E-state index < -0.39 is 5.54 Å². The minimum absolute atomic E-state index is 0.0418. The average Bonchev–Trinajstić information content (AvgIpc) is 3.02. The zero-order chi connectivity index (χ0) is 23.5. The largest absolute Gasteiger partial charge is 0.490 e. The van der Waals surface area contributed by atoms with Gasteiger partial charge in [-0.3, -0.25) is 5.32 Å². The molecule has 1 heterocycles. The molecule has 1 aliphatic rings. The first kappa shape index (κ1) is 22.6. The highest BCUT2D eigenvalue weighted by Crippen LogP contribution is 2.39. The number of anilines is 1. The van der Waals surface area contributed by atoms with Crippen LogP contribution in [0.25, 0.3) is 0 Å². The van der Waals surface area contributed by atoms with Crippen LogP contribution in [0.2, 0.25) is 0 Å². The van der Waals surface area contributed by atoms with Crippen LogP contribution in [-0.2, 0) is 5.54 Å². The molecule has 0 saturated carbocycles. The van der Waals surface area contributed by atoms with Crippen LogP contribution in [0.3, 0.4) is 0 Å². The predicted molar refractivity (Wildman–Crippen MR) is 139 cm³/mol. The van der Waals surface area contributed by atoms with E-state index in [4.69, 9.17) is 4.74 Å². The number of ether oxygens (including phenoxy) is 1. The van der Waals surface area contributed by atoms with E-state index in [1.165, 1.54) is 6.07 Å². The first-order valence-corrected chi connectivity index (χ1v) is 12.1. The molecule has 0 fully saturated rings. The smallest absolute Gasteiger partial charge is 0.145 e. The van der Waals surface area contributed by atoms with E-state index in [0.717, 1.165) is 22.4 Å². The fourth-order valence-corrected chi connectivity index (χ4v) is 5.14. The standard InChI is InChI=1S/C29H26BrFN2O/c1-33-19-24(20-34-28-18-26(31)25(30)17-27(28)33)32-29(21-11-5-2-6-12-21,22-13-7-3-8-14-22)23-15-9-4-10-16-23/h2-18,24,32H,19-20H2,1H3/t24-/m0/s1. The fraction of sp³-hybridized carbons (Fsp3) is 0.172. The van der Waals surface area contributed by atoms with Crippen molar-refractivity contribution in [3.63, 3.8) is 0 Å². The lowest BCUT2D eigenvalue weighted by Gasteiger charge is -2.40. The quantitative estimate of drug-likeness (QED) is 0.312. The van der Waals surface area contributed by atoms with Gasteiger partial charge in [-0.1, -0.05) is 91.0 Å². The minimum Gasteiger partial charge on any atom is -0.490 e. The molecule has 0 aromatic heterocycles. The summed E-state index contributed by atoms with van der Waals surface area (Å²) in [5.74, 6) is 0.225. The van der Waals surface area contributed by atoms with Gasteiger partial charge >= 0.3 is 0 Å². The molecule has 1 aliphatic heterocycles. The molecule has 0 amide bonds. The van der Waals surface area contributed by atoms with E-state index in [1.54, 1.807) is 6.07 Å². The number of nitrogens with zero attached hydrogens (tertiary/aromatic N) is 1. The van der Waals surface area contributed by atoms with E-state index in [1.807, 2.05) is 25.2 Å². The van der Waals surface area contributed by atoms with Crippen molar-refractivity contribution in [3.8, 4) is 5.75 Å². The molecule has 0 spiro atoms. The van der Waals surface area contributed by atoms with Crippen molar-refractivity contribution in [3.05, 3.63) is 130 Å². The van der Waals surface area contributed by atoms with Crippen LogP contribution in [-0.4, -0.2) is 26.2 Å². The zero-order valence-corrected chi connectivity index (χ0v) is 20.5. The molecule has 5 heteroatoms. The van der Waals surface area contributed by atoms with Crippen molar-refractivity contribution in [1.29, 1.82) is 0 Å². The van der Waals surface area contributed by atoms with Gasteiger partial charge in [0, 0.05) is 19.7 Å². The van der Waals surface area contributed by atoms with Gasteiger partial charge in [0.05, 0.1) is 21.7 Å². The molecule has 3 nitrogen and oxygen atoms in total. The number of hydrogen-bond donors (Lipinski definition) is 1. The lowest BCUT2D eigenvalue weighted by Crippen LogP contribution is -2.54. The predicted octanol–water partition coefficient (Wildman–Crippen LogP) is 6.37. The SMILES string of the molecule is CN1C[C@H](NC(c2ccccc2)(c2ccccc2)c2ccccc2)COc2cc(F)c(Br)cc21. The van der Waals surface area contributed by atoms with E-state index in [2.05, 4.69) is 98.9 Å². The molecule has 0 aliphatic carbocycles. The normalized spacial score (nSPS) is 15.9. The van der Waals surface area contributed by atoms with Crippen LogP contribution >= 0.6 is 15.9 Å². The van der Waals surface area contributed by atoms with Gasteiger partial charge in [-0.15, -0.1) is 0 Å². The summed E-state index contributed by atoms with van der Waals surface area (Å²) in [5, 5.41) is 3.98. The number of rotatable bonds is 5. The number of likely N-dealkylation sites (N-methyl/N-ethyl adjacent to an activating group) is 1. The van der Waals surface area contributed by atoms with Crippen LogP contribution in [0.5, 0.6) is 5.75 Å². The number of nitrogens with one attached hydrogen (secondary N) is 1. The Morgan fingerprint density at radius 3 is 1.85 bits per heavy atom. The number of hydrogen-bond acceptors (Lipinski definition) is 3. The third kappa shape index (κ3) is 4.22. The van der Waals surface area contributed by atoms with Gasteiger partial charge in [-0.05, 0) is 38.7 Å². The monoisotopic (exact) mass is 516 g/mol. The van der Waals surface area contributed by atoms with Gasteiger partial charge in [-0.25, -0.2) is 4.39 Å². The Morgan fingerprint density at radius 2 is 1.35 bits per heavy atom. The summed E-state index contributed by atoms with van der Waals surface area (Å²) in [4.78, 5) is 2.12. The van der Waals surface area contributed by atoms with Crippen molar-refractivity contribution in [2.75, 3.05) is 25.1 Å². The first-order chi connectivity index (χ1) is 16.6. The van der Waals surface area contributed by atoms with Gasteiger partial charge in [0.1, 0.15) is 18.2 Å². The van der Waals surface area contributed by atoms with E-state index in [9.17, 15) is 4.39 Å². The molecule has 4 aromatic rings. The molecular weight excluding hydrogens is 491 g/mol.